The van der Waals surface area contributed by atoms with Crippen LogP contribution < -0.4 is 0 Å². The highest BCUT2D eigenvalue weighted by Crippen LogP contribution is 2.35. The quantitative estimate of drug-likeness (QED) is 0.541. The van der Waals surface area contributed by atoms with Crippen LogP contribution in [0.4, 0.5) is 0 Å². The van der Waals surface area contributed by atoms with Gasteiger partial charge < -0.3 is 0 Å². The molecule has 0 bridgehead atoms. The first-order chi connectivity index (χ1) is 9.81. The second-order valence-corrected chi connectivity index (χ2v) is 5.43. The van der Waals surface area contributed by atoms with Gasteiger partial charge in [0.15, 0.2) is 0 Å². The lowest BCUT2D eigenvalue weighted by Gasteiger charge is -2.13. The number of halogens is 1. The maximum atomic E-state index is 5.89. The topological polar surface area (TPSA) is 0 Å². The van der Waals surface area contributed by atoms with Gasteiger partial charge in [-0.2, -0.15) is 0 Å². The van der Waals surface area contributed by atoms with E-state index in [0.717, 1.165) is 6.42 Å². The van der Waals surface area contributed by atoms with Crippen molar-refractivity contribution in [3.8, 4) is 0 Å². The molecule has 0 N–H and O–H groups in total. The van der Waals surface area contributed by atoms with E-state index < -0.39 is 0 Å². The van der Waals surface area contributed by atoms with E-state index in [-0.39, 0.29) is 0 Å². The lowest BCUT2D eigenvalue weighted by molar-refractivity contribution is 1.23. The second kappa shape index (κ2) is 5.68. The summed E-state index contributed by atoms with van der Waals surface area (Å²) in [6.45, 7) is 2.17. The van der Waals surface area contributed by atoms with Crippen molar-refractivity contribution < 1.29 is 0 Å². The van der Waals surface area contributed by atoms with Crippen LogP contribution in [-0.2, 0) is 0 Å². The molecule has 0 unspecified atom stereocenters. The van der Waals surface area contributed by atoms with Gasteiger partial charge in [-0.15, -0.1) is 11.6 Å². The van der Waals surface area contributed by atoms with E-state index in [1.54, 1.807) is 0 Å². The van der Waals surface area contributed by atoms with Gasteiger partial charge in [-0.05, 0) is 46.7 Å². The number of aryl methyl sites for hydroxylation is 1. The van der Waals surface area contributed by atoms with Crippen LogP contribution in [0.2, 0.25) is 0 Å². The molecule has 1 aliphatic rings. The largest absolute Gasteiger partial charge is 0.126 e. The third-order valence-corrected chi connectivity index (χ3v) is 3.97. The first kappa shape index (κ1) is 13.2. The second-order valence-electron chi connectivity index (χ2n) is 5.05. The molecule has 0 fully saturated rings. The molecule has 0 aromatic heterocycles. The Labute approximate surface area is 125 Å². The summed E-state index contributed by atoms with van der Waals surface area (Å²) < 4.78 is 0. The highest BCUT2D eigenvalue weighted by atomic mass is 35.5. The average Bonchev–Trinajstić information content (AvgIpc) is 2.63. The molecule has 20 heavy (non-hydrogen) atoms. The molecule has 3 rings (SSSR count). The number of rotatable bonds is 2. The molecule has 0 aliphatic heterocycles. The van der Waals surface area contributed by atoms with Gasteiger partial charge in [-0.1, -0.05) is 60.7 Å². The highest BCUT2D eigenvalue weighted by Gasteiger charge is 2.15. The maximum absolute atomic E-state index is 5.89. The molecule has 0 radical (unpaired) electrons. The third-order valence-electron chi connectivity index (χ3n) is 3.75. The SMILES string of the molecule is Cc1cccc2c1C=Cc1ccccc1/C2=C/CCCl. The molecule has 2 aromatic carbocycles. The summed E-state index contributed by atoms with van der Waals surface area (Å²) in [4.78, 5) is 0. The molecule has 0 saturated heterocycles. The Morgan fingerprint density at radius 1 is 0.950 bits per heavy atom. The van der Waals surface area contributed by atoms with E-state index in [4.69, 9.17) is 11.6 Å². The van der Waals surface area contributed by atoms with Gasteiger partial charge in [0, 0.05) is 5.88 Å². The lowest BCUT2D eigenvalue weighted by atomic mass is 9.91. The van der Waals surface area contributed by atoms with E-state index in [9.17, 15) is 0 Å². The molecule has 0 nitrogen and oxygen atoms in total. The molecule has 100 valence electrons. The number of alkyl halides is 1. The summed E-state index contributed by atoms with van der Waals surface area (Å²) in [5.41, 5.74) is 7.77. The number of hydrogen-bond donors (Lipinski definition) is 0. The van der Waals surface area contributed by atoms with Crippen molar-refractivity contribution in [2.24, 2.45) is 0 Å². The van der Waals surface area contributed by atoms with Crippen LogP contribution in [0.15, 0.2) is 48.5 Å². The highest BCUT2D eigenvalue weighted by molar-refractivity contribution is 6.18. The number of allylic oxidation sites excluding steroid dienone is 1. The fraction of sp³-hybridized carbons (Fsp3) is 0.158. The molecular formula is C19H17Cl. The predicted octanol–water partition coefficient (Wildman–Crippen LogP) is 5.54. The van der Waals surface area contributed by atoms with Crippen LogP contribution in [-0.4, -0.2) is 5.88 Å². The van der Waals surface area contributed by atoms with Gasteiger partial charge in [0.25, 0.3) is 0 Å². The van der Waals surface area contributed by atoms with E-state index in [1.807, 2.05) is 0 Å². The van der Waals surface area contributed by atoms with Crippen molar-refractivity contribution in [2.45, 2.75) is 13.3 Å². The molecule has 0 spiro atoms. The van der Waals surface area contributed by atoms with Crippen molar-refractivity contribution >= 4 is 29.3 Å². The van der Waals surface area contributed by atoms with Crippen LogP contribution in [0, 0.1) is 6.92 Å². The summed E-state index contributed by atoms with van der Waals surface area (Å²) in [6, 6.07) is 15.0. The molecule has 2 aromatic rings. The summed E-state index contributed by atoms with van der Waals surface area (Å²) >= 11 is 5.89. The lowest BCUT2D eigenvalue weighted by Crippen LogP contribution is -1.94. The summed E-state index contributed by atoms with van der Waals surface area (Å²) in [7, 11) is 0. The normalized spacial score (nSPS) is 14.8. The molecule has 0 atom stereocenters. The van der Waals surface area contributed by atoms with Gasteiger partial charge in [0.05, 0.1) is 0 Å². The van der Waals surface area contributed by atoms with Crippen molar-refractivity contribution in [1.82, 2.24) is 0 Å². The average molecular weight is 281 g/mol. The fourth-order valence-electron chi connectivity index (χ4n) is 2.76. The van der Waals surface area contributed by atoms with Crippen LogP contribution in [0.3, 0.4) is 0 Å². The van der Waals surface area contributed by atoms with Crippen LogP contribution >= 0.6 is 11.6 Å². The fourth-order valence-corrected chi connectivity index (χ4v) is 2.87. The van der Waals surface area contributed by atoms with Crippen LogP contribution in [0.25, 0.3) is 17.7 Å². The Bertz CT molecular complexity index is 693. The van der Waals surface area contributed by atoms with E-state index in [1.165, 1.54) is 33.4 Å². The Kier molecular flexibility index (Phi) is 3.75. The van der Waals surface area contributed by atoms with Crippen LogP contribution in [0.5, 0.6) is 0 Å². The zero-order chi connectivity index (χ0) is 13.9. The van der Waals surface area contributed by atoms with Crippen molar-refractivity contribution in [2.75, 3.05) is 5.88 Å². The molecule has 0 saturated carbocycles. The standard InChI is InChI=1S/C19H17Cl/c1-14-6-4-9-18-16(14)12-11-15-7-2-3-8-17(15)19(18)10-5-13-20/h2-4,6-12H,5,13H2,1H3/b19-10-. The van der Waals surface area contributed by atoms with Crippen LogP contribution in [0.1, 0.15) is 34.2 Å². The zero-order valence-electron chi connectivity index (χ0n) is 11.6. The third kappa shape index (κ3) is 2.32. The Hall–Kier alpha value is -1.79. The van der Waals surface area contributed by atoms with Gasteiger partial charge in [0.2, 0.25) is 0 Å². The Morgan fingerprint density at radius 2 is 1.75 bits per heavy atom. The summed E-state index contributed by atoms with van der Waals surface area (Å²) in [5.74, 6) is 0.653. The minimum Gasteiger partial charge on any atom is -0.126 e. The van der Waals surface area contributed by atoms with E-state index in [2.05, 4.69) is 67.6 Å². The predicted molar refractivity (Wildman–Crippen MR) is 89.0 cm³/mol. The number of fused-ring (bicyclic) bond motifs is 2. The molecular weight excluding hydrogens is 264 g/mol. The monoisotopic (exact) mass is 280 g/mol. The molecule has 0 amide bonds. The van der Waals surface area contributed by atoms with E-state index >= 15 is 0 Å². The molecule has 1 heteroatoms. The minimum absolute atomic E-state index is 0.653. The Balaban J connectivity index is 2.28. The van der Waals surface area contributed by atoms with Gasteiger partial charge in [-0.25, -0.2) is 0 Å². The smallest absolute Gasteiger partial charge is 0.0258 e. The van der Waals surface area contributed by atoms with E-state index in [0.29, 0.717) is 5.88 Å². The van der Waals surface area contributed by atoms with Gasteiger partial charge in [0.1, 0.15) is 0 Å². The van der Waals surface area contributed by atoms with Gasteiger partial charge >= 0.3 is 0 Å². The van der Waals surface area contributed by atoms with Crippen molar-refractivity contribution in [3.05, 3.63) is 76.4 Å². The Morgan fingerprint density at radius 3 is 2.60 bits per heavy atom. The molecule has 0 heterocycles. The maximum Gasteiger partial charge on any atom is 0.0258 e. The van der Waals surface area contributed by atoms with Gasteiger partial charge in [-0.3, -0.25) is 0 Å². The van der Waals surface area contributed by atoms with Crippen molar-refractivity contribution in [1.29, 1.82) is 0 Å². The first-order valence-corrected chi connectivity index (χ1v) is 7.48. The first-order valence-electron chi connectivity index (χ1n) is 6.95. The minimum atomic E-state index is 0.653. The number of hydrogen-bond acceptors (Lipinski definition) is 0. The summed E-state index contributed by atoms with van der Waals surface area (Å²) in [6.07, 6.45) is 7.59. The van der Waals surface area contributed by atoms with Crippen molar-refractivity contribution in [3.63, 3.8) is 0 Å². The zero-order valence-corrected chi connectivity index (χ0v) is 12.3. The molecule has 1 aliphatic carbocycles. The number of benzene rings is 2. The summed E-state index contributed by atoms with van der Waals surface area (Å²) in [5, 5.41) is 0.